The Morgan fingerprint density at radius 1 is 1.35 bits per heavy atom. The van der Waals surface area contributed by atoms with Crippen LogP contribution >= 0.6 is 0 Å². The van der Waals surface area contributed by atoms with E-state index in [4.69, 9.17) is 9.47 Å². The van der Waals surface area contributed by atoms with Crippen molar-refractivity contribution in [1.82, 2.24) is 4.90 Å². The molecule has 3 fully saturated rings. The summed E-state index contributed by atoms with van der Waals surface area (Å²) < 4.78 is 11.2. The standard InChI is InChI=1S/C19H25NO3/c1-22-15-6-2-4-13(11-15)10-14-5-3-9-20(14)19(21)17-12-16-7-8-18(17)23-16/h2,4,6,11,14,16-18H,3,5,7-10,12H2,1H3/t14-,16-,17-,18-/m1/s1. The molecule has 4 nitrogen and oxygen atoms in total. The molecule has 3 aliphatic rings. The third kappa shape index (κ3) is 2.85. The van der Waals surface area contributed by atoms with Crippen LogP contribution in [0, 0.1) is 5.92 Å². The first-order chi connectivity index (χ1) is 11.2. The molecule has 4 rings (SSSR count). The van der Waals surface area contributed by atoms with Crippen LogP contribution in [0.4, 0.5) is 0 Å². The molecule has 3 saturated heterocycles. The molecule has 0 aliphatic carbocycles. The fraction of sp³-hybridized carbons (Fsp3) is 0.632. The summed E-state index contributed by atoms with van der Waals surface area (Å²) in [5, 5.41) is 0. The minimum Gasteiger partial charge on any atom is -0.497 e. The minimum absolute atomic E-state index is 0.111. The highest BCUT2D eigenvalue weighted by atomic mass is 16.5. The van der Waals surface area contributed by atoms with Crippen LogP contribution in [0.2, 0.25) is 0 Å². The topological polar surface area (TPSA) is 38.8 Å². The van der Waals surface area contributed by atoms with Crippen LogP contribution in [0.3, 0.4) is 0 Å². The Kier molecular flexibility index (Phi) is 4.02. The van der Waals surface area contributed by atoms with Crippen LogP contribution in [-0.2, 0) is 16.0 Å². The highest BCUT2D eigenvalue weighted by Crippen LogP contribution is 2.40. The number of methoxy groups -OCH3 is 1. The van der Waals surface area contributed by atoms with Crippen molar-refractivity contribution >= 4 is 5.91 Å². The maximum absolute atomic E-state index is 13.0. The number of benzene rings is 1. The van der Waals surface area contributed by atoms with Gasteiger partial charge in [-0.25, -0.2) is 0 Å². The summed E-state index contributed by atoms with van der Waals surface area (Å²) in [5.41, 5.74) is 1.25. The van der Waals surface area contributed by atoms with Crippen LogP contribution in [0.5, 0.6) is 5.75 Å². The highest BCUT2D eigenvalue weighted by Gasteiger charge is 2.47. The van der Waals surface area contributed by atoms with E-state index in [0.717, 1.165) is 50.8 Å². The van der Waals surface area contributed by atoms with E-state index in [2.05, 4.69) is 17.0 Å². The first-order valence-corrected chi connectivity index (χ1v) is 8.83. The van der Waals surface area contributed by atoms with Crippen LogP contribution in [-0.4, -0.2) is 42.7 Å². The summed E-state index contributed by atoms with van der Waals surface area (Å²) in [6, 6.07) is 8.53. The zero-order valence-electron chi connectivity index (χ0n) is 13.7. The van der Waals surface area contributed by atoms with E-state index in [1.54, 1.807) is 7.11 Å². The Labute approximate surface area is 137 Å². The van der Waals surface area contributed by atoms with Crippen molar-refractivity contribution in [2.45, 2.75) is 56.8 Å². The number of amides is 1. The fourth-order valence-electron chi connectivity index (χ4n) is 4.52. The molecule has 3 aliphatic heterocycles. The summed E-state index contributed by atoms with van der Waals surface area (Å²) in [6.07, 6.45) is 6.80. The molecular formula is C19H25NO3. The molecule has 3 heterocycles. The lowest BCUT2D eigenvalue weighted by Gasteiger charge is -2.29. The van der Waals surface area contributed by atoms with E-state index in [9.17, 15) is 4.79 Å². The zero-order valence-corrected chi connectivity index (χ0v) is 13.7. The smallest absolute Gasteiger partial charge is 0.228 e. The second-order valence-corrected chi connectivity index (χ2v) is 7.10. The SMILES string of the molecule is COc1cccc(C[C@H]2CCCN2C(=O)[C@@H]2C[C@H]3CC[C@H]2O3)c1. The van der Waals surface area contributed by atoms with E-state index >= 15 is 0 Å². The third-order valence-electron chi connectivity index (χ3n) is 5.69. The van der Waals surface area contributed by atoms with Gasteiger partial charge in [0.1, 0.15) is 5.75 Å². The van der Waals surface area contributed by atoms with E-state index in [1.807, 2.05) is 12.1 Å². The number of carbonyl (C=O) groups excluding carboxylic acids is 1. The summed E-state index contributed by atoms with van der Waals surface area (Å²) in [6.45, 7) is 0.904. The molecule has 4 heteroatoms. The molecule has 2 bridgehead atoms. The van der Waals surface area contributed by atoms with Gasteiger partial charge in [-0.1, -0.05) is 12.1 Å². The third-order valence-corrected chi connectivity index (χ3v) is 5.69. The molecular weight excluding hydrogens is 290 g/mol. The van der Waals surface area contributed by atoms with Gasteiger partial charge < -0.3 is 14.4 Å². The number of carbonyl (C=O) groups is 1. The predicted octanol–water partition coefficient (Wildman–Crippen LogP) is 2.80. The van der Waals surface area contributed by atoms with Crippen LogP contribution in [0.25, 0.3) is 0 Å². The summed E-state index contributed by atoms with van der Waals surface area (Å²) in [5.74, 6) is 1.34. The molecule has 0 radical (unpaired) electrons. The first kappa shape index (κ1) is 15.0. The van der Waals surface area contributed by atoms with Gasteiger partial charge >= 0.3 is 0 Å². The lowest BCUT2D eigenvalue weighted by atomic mass is 9.88. The number of fused-ring (bicyclic) bond motifs is 2. The van der Waals surface area contributed by atoms with Gasteiger partial charge in [-0.2, -0.15) is 0 Å². The first-order valence-electron chi connectivity index (χ1n) is 8.83. The number of hydrogen-bond acceptors (Lipinski definition) is 3. The molecule has 0 spiro atoms. The van der Waals surface area contributed by atoms with Crippen LogP contribution in [0.1, 0.15) is 37.7 Å². The lowest BCUT2D eigenvalue weighted by molar-refractivity contribution is -0.138. The van der Waals surface area contributed by atoms with Gasteiger partial charge in [-0.3, -0.25) is 4.79 Å². The summed E-state index contributed by atoms with van der Waals surface area (Å²) in [4.78, 5) is 15.1. The van der Waals surface area contributed by atoms with Gasteiger partial charge in [0.15, 0.2) is 0 Å². The molecule has 1 aromatic carbocycles. The Morgan fingerprint density at radius 3 is 3.00 bits per heavy atom. The van der Waals surface area contributed by atoms with Crippen molar-refractivity contribution in [2.75, 3.05) is 13.7 Å². The molecule has 1 amide bonds. The molecule has 0 N–H and O–H groups in total. The van der Waals surface area contributed by atoms with Gasteiger partial charge in [-0.15, -0.1) is 0 Å². The van der Waals surface area contributed by atoms with Crippen molar-refractivity contribution in [3.05, 3.63) is 29.8 Å². The quantitative estimate of drug-likeness (QED) is 0.857. The normalized spacial score (nSPS) is 32.5. The number of nitrogens with zero attached hydrogens (tertiary/aromatic N) is 1. The maximum Gasteiger partial charge on any atom is 0.228 e. The Balaban J connectivity index is 1.45. The number of hydrogen-bond donors (Lipinski definition) is 0. The number of rotatable bonds is 4. The Hall–Kier alpha value is -1.55. The zero-order chi connectivity index (χ0) is 15.8. The van der Waals surface area contributed by atoms with E-state index in [-0.39, 0.29) is 12.0 Å². The molecule has 0 saturated carbocycles. The average Bonchev–Trinajstić information content (AvgIpc) is 3.31. The molecule has 0 unspecified atom stereocenters. The second kappa shape index (κ2) is 6.16. The van der Waals surface area contributed by atoms with Gasteiger partial charge in [0.05, 0.1) is 25.2 Å². The van der Waals surface area contributed by atoms with Crippen molar-refractivity contribution in [1.29, 1.82) is 0 Å². The monoisotopic (exact) mass is 315 g/mol. The molecule has 1 aromatic rings. The van der Waals surface area contributed by atoms with Gasteiger partial charge in [-0.05, 0) is 56.2 Å². The maximum atomic E-state index is 13.0. The fourth-order valence-corrected chi connectivity index (χ4v) is 4.52. The Morgan fingerprint density at radius 2 is 2.26 bits per heavy atom. The van der Waals surface area contributed by atoms with Gasteiger partial charge in [0.2, 0.25) is 5.91 Å². The Bertz CT molecular complexity index is 588. The van der Waals surface area contributed by atoms with Crippen LogP contribution < -0.4 is 4.74 Å². The molecule has 0 aromatic heterocycles. The van der Waals surface area contributed by atoms with Gasteiger partial charge in [0.25, 0.3) is 0 Å². The van der Waals surface area contributed by atoms with Crippen molar-refractivity contribution in [3.8, 4) is 5.75 Å². The average molecular weight is 315 g/mol. The van der Waals surface area contributed by atoms with E-state index in [1.165, 1.54) is 5.56 Å². The number of ether oxygens (including phenoxy) is 2. The van der Waals surface area contributed by atoms with E-state index < -0.39 is 0 Å². The highest BCUT2D eigenvalue weighted by molar-refractivity contribution is 5.80. The van der Waals surface area contributed by atoms with Gasteiger partial charge in [0, 0.05) is 12.6 Å². The van der Waals surface area contributed by atoms with Crippen LogP contribution in [0.15, 0.2) is 24.3 Å². The number of likely N-dealkylation sites (tertiary alicyclic amines) is 1. The van der Waals surface area contributed by atoms with Crippen molar-refractivity contribution in [3.63, 3.8) is 0 Å². The lowest BCUT2D eigenvalue weighted by Crippen LogP contribution is -2.43. The summed E-state index contributed by atoms with van der Waals surface area (Å²) >= 11 is 0. The predicted molar refractivity (Wildman–Crippen MR) is 87.4 cm³/mol. The van der Waals surface area contributed by atoms with Crippen molar-refractivity contribution < 1.29 is 14.3 Å². The summed E-state index contributed by atoms with van der Waals surface area (Å²) in [7, 11) is 1.69. The van der Waals surface area contributed by atoms with Crippen molar-refractivity contribution in [2.24, 2.45) is 5.92 Å². The van der Waals surface area contributed by atoms with E-state index in [0.29, 0.717) is 18.1 Å². The molecule has 124 valence electrons. The minimum atomic E-state index is 0.111. The molecule has 23 heavy (non-hydrogen) atoms. The second-order valence-electron chi connectivity index (χ2n) is 7.10. The largest absolute Gasteiger partial charge is 0.497 e. The molecule has 4 atom stereocenters.